The van der Waals surface area contributed by atoms with Gasteiger partial charge in [0.15, 0.2) is 5.01 Å². The Morgan fingerprint density at radius 1 is 1.33 bits per heavy atom. The summed E-state index contributed by atoms with van der Waals surface area (Å²) in [6, 6.07) is 7.69. The third-order valence-corrected chi connectivity index (χ3v) is 5.93. The molecule has 5 nitrogen and oxygen atoms in total. The minimum Gasteiger partial charge on any atom is -0.360 e. The molecule has 0 aliphatic carbocycles. The van der Waals surface area contributed by atoms with Crippen molar-refractivity contribution in [3.8, 4) is 0 Å². The lowest BCUT2D eigenvalue weighted by atomic mass is 10.1. The van der Waals surface area contributed by atoms with Crippen molar-refractivity contribution in [1.82, 2.24) is 14.7 Å². The second-order valence-corrected chi connectivity index (χ2v) is 9.33. The maximum absolute atomic E-state index is 12.7. The molecule has 1 atom stereocenters. The summed E-state index contributed by atoms with van der Waals surface area (Å²) < 4.78 is 14.6. The van der Waals surface area contributed by atoms with Gasteiger partial charge in [0.05, 0.1) is 33.5 Å². The normalized spacial score (nSPS) is 13.3. The van der Waals surface area contributed by atoms with Gasteiger partial charge in [0, 0.05) is 22.5 Å². The molecule has 3 rings (SSSR count). The van der Waals surface area contributed by atoms with E-state index in [0.717, 1.165) is 16.6 Å². The van der Waals surface area contributed by atoms with Gasteiger partial charge < -0.3 is 4.98 Å². The van der Waals surface area contributed by atoms with E-state index in [1.165, 1.54) is 11.3 Å². The number of carbonyl (C=O) groups excluding carboxylic acids is 1. The van der Waals surface area contributed by atoms with Crippen molar-refractivity contribution in [2.75, 3.05) is 0 Å². The monoisotopic (exact) mass is 361 g/mol. The van der Waals surface area contributed by atoms with Crippen molar-refractivity contribution in [2.45, 2.75) is 32.1 Å². The molecule has 2 aromatic heterocycles. The van der Waals surface area contributed by atoms with Crippen LogP contribution in [0.2, 0.25) is 0 Å². The lowest BCUT2D eigenvalue weighted by molar-refractivity contribution is 0.104. The first-order valence-electron chi connectivity index (χ1n) is 7.57. The van der Waals surface area contributed by atoms with Crippen molar-refractivity contribution >= 4 is 39.0 Å². The zero-order chi connectivity index (χ0) is 17.3. The van der Waals surface area contributed by atoms with Gasteiger partial charge >= 0.3 is 0 Å². The summed E-state index contributed by atoms with van der Waals surface area (Å²) in [6.07, 6.45) is 1.72. The molecule has 1 unspecified atom stereocenters. The average molecular weight is 361 g/mol. The Labute approximate surface area is 147 Å². The summed E-state index contributed by atoms with van der Waals surface area (Å²) in [5, 5.41) is 3.17. The second-order valence-electron chi connectivity index (χ2n) is 6.42. The van der Waals surface area contributed by atoms with E-state index in [1.807, 2.05) is 50.4 Å². The smallest absolute Gasteiger partial charge is 0.223 e. The van der Waals surface area contributed by atoms with Gasteiger partial charge in [-0.1, -0.05) is 18.2 Å². The predicted molar refractivity (Wildman–Crippen MR) is 98.6 cm³/mol. The van der Waals surface area contributed by atoms with Crippen LogP contribution in [-0.4, -0.2) is 24.7 Å². The Kier molecular flexibility index (Phi) is 4.67. The Morgan fingerprint density at radius 3 is 2.83 bits per heavy atom. The number of aromatic nitrogens is 2. The zero-order valence-electron chi connectivity index (χ0n) is 13.8. The van der Waals surface area contributed by atoms with Gasteiger partial charge in [-0.2, -0.15) is 0 Å². The van der Waals surface area contributed by atoms with Gasteiger partial charge in [-0.05, 0) is 26.8 Å². The molecule has 0 amide bonds. The van der Waals surface area contributed by atoms with E-state index in [9.17, 15) is 9.00 Å². The van der Waals surface area contributed by atoms with E-state index in [1.54, 1.807) is 6.20 Å². The number of para-hydroxylation sites is 1. The summed E-state index contributed by atoms with van der Waals surface area (Å²) in [5.41, 5.74) is 2.28. The van der Waals surface area contributed by atoms with Gasteiger partial charge in [0.1, 0.15) is 0 Å². The van der Waals surface area contributed by atoms with Crippen LogP contribution in [-0.2, 0) is 17.5 Å². The highest BCUT2D eigenvalue weighted by atomic mass is 32.2. The Balaban J connectivity index is 1.76. The van der Waals surface area contributed by atoms with E-state index in [4.69, 9.17) is 0 Å². The van der Waals surface area contributed by atoms with Crippen LogP contribution in [0.1, 0.15) is 41.8 Å². The van der Waals surface area contributed by atoms with E-state index < -0.39 is 11.0 Å². The number of nitrogens with zero attached hydrogens (tertiary/aromatic N) is 1. The number of rotatable bonds is 5. The molecule has 0 bridgehead atoms. The molecule has 2 heterocycles. The molecular weight excluding hydrogens is 342 g/mol. The zero-order valence-corrected chi connectivity index (χ0v) is 15.4. The number of H-pyrrole nitrogens is 1. The first kappa shape index (κ1) is 17.0. The Bertz CT molecular complexity index is 906. The van der Waals surface area contributed by atoms with Gasteiger partial charge in [0.25, 0.3) is 0 Å². The predicted octanol–water partition coefficient (Wildman–Crippen LogP) is 3.41. The minimum atomic E-state index is -1.16. The molecule has 126 valence electrons. The molecule has 3 aromatic rings. The van der Waals surface area contributed by atoms with Gasteiger partial charge in [-0.3, -0.25) is 4.79 Å². The molecular formula is C17H19N3O2S2. The Morgan fingerprint density at radius 2 is 2.08 bits per heavy atom. The van der Waals surface area contributed by atoms with Crippen molar-refractivity contribution < 1.29 is 9.00 Å². The number of benzene rings is 1. The molecule has 1 aromatic carbocycles. The molecule has 2 N–H and O–H groups in total. The average Bonchev–Trinajstić information content (AvgIpc) is 3.18. The van der Waals surface area contributed by atoms with Crippen LogP contribution in [0.15, 0.2) is 35.8 Å². The quantitative estimate of drug-likeness (QED) is 0.684. The largest absolute Gasteiger partial charge is 0.360 e. The second kappa shape index (κ2) is 6.58. The van der Waals surface area contributed by atoms with E-state index in [-0.39, 0.29) is 10.5 Å². The first-order chi connectivity index (χ1) is 11.4. The van der Waals surface area contributed by atoms with Gasteiger partial charge in [-0.25, -0.2) is 13.9 Å². The number of aromatic amines is 1. The topological polar surface area (TPSA) is 74.8 Å². The van der Waals surface area contributed by atoms with E-state index in [0.29, 0.717) is 17.1 Å². The molecule has 0 saturated heterocycles. The van der Waals surface area contributed by atoms with Crippen molar-refractivity contribution in [3.05, 3.63) is 52.1 Å². The van der Waals surface area contributed by atoms with Crippen molar-refractivity contribution in [3.63, 3.8) is 0 Å². The molecule has 0 aliphatic rings. The van der Waals surface area contributed by atoms with Crippen molar-refractivity contribution in [2.24, 2.45) is 0 Å². The number of hydrogen-bond donors (Lipinski definition) is 2. The lowest BCUT2D eigenvalue weighted by Crippen LogP contribution is -2.32. The van der Waals surface area contributed by atoms with Crippen LogP contribution < -0.4 is 4.72 Å². The fraction of sp³-hybridized carbons (Fsp3) is 0.294. The summed E-state index contributed by atoms with van der Waals surface area (Å²) in [6.45, 7) is 6.09. The van der Waals surface area contributed by atoms with Crippen LogP contribution in [0.25, 0.3) is 10.9 Å². The Hall–Kier alpha value is -1.83. The molecule has 0 aliphatic heterocycles. The highest BCUT2D eigenvalue weighted by Crippen LogP contribution is 2.22. The molecule has 0 saturated carbocycles. The van der Waals surface area contributed by atoms with E-state index >= 15 is 0 Å². The summed E-state index contributed by atoms with van der Waals surface area (Å²) in [5.74, 6) is -0.0966. The van der Waals surface area contributed by atoms with Crippen LogP contribution in [0.3, 0.4) is 0 Å². The molecule has 7 heteroatoms. The fourth-order valence-electron chi connectivity index (χ4n) is 2.22. The minimum absolute atomic E-state index is 0.0966. The number of fused-ring (bicyclic) bond motifs is 1. The van der Waals surface area contributed by atoms with E-state index in [2.05, 4.69) is 14.7 Å². The molecule has 24 heavy (non-hydrogen) atoms. The fourth-order valence-corrected chi connectivity index (χ4v) is 3.71. The SMILES string of the molecule is CC(C)(C)S(=O)NCc1csc(C(=O)c2c[nH]c3ccccc23)n1. The molecule has 0 radical (unpaired) electrons. The third kappa shape index (κ3) is 3.48. The lowest BCUT2D eigenvalue weighted by Gasteiger charge is -2.17. The number of ketones is 1. The number of hydrogen-bond acceptors (Lipinski definition) is 4. The molecule has 0 fully saturated rings. The highest BCUT2D eigenvalue weighted by Gasteiger charge is 2.20. The highest BCUT2D eigenvalue weighted by molar-refractivity contribution is 7.84. The molecule has 0 spiro atoms. The van der Waals surface area contributed by atoms with Crippen LogP contribution in [0.4, 0.5) is 0 Å². The van der Waals surface area contributed by atoms with Gasteiger partial charge in [0.2, 0.25) is 5.78 Å². The van der Waals surface area contributed by atoms with Gasteiger partial charge in [-0.15, -0.1) is 11.3 Å². The van der Waals surface area contributed by atoms with Crippen LogP contribution in [0.5, 0.6) is 0 Å². The maximum Gasteiger partial charge on any atom is 0.223 e. The third-order valence-electron chi connectivity index (χ3n) is 3.52. The van der Waals surface area contributed by atoms with Crippen LogP contribution >= 0.6 is 11.3 Å². The first-order valence-corrected chi connectivity index (χ1v) is 9.60. The standard InChI is InChI=1S/C17H19N3O2S2/c1-17(2,3)24(22)19-8-11-10-23-16(20-11)15(21)13-9-18-14-7-5-4-6-12(13)14/h4-7,9-10,18-19H,8H2,1-3H3. The maximum atomic E-state index is 12.7. The number of carbonyl (C=O) groups is 1. The summed E-state index contributed by atoms with van der Waals surface area (Å²) >= 11 is 1.31. The summed E-state index contributed by atoms with van der Waals surface area (Å²) in [4.78, 5) is 20.2. The van der Waals surface area contributed by atoms with Crippen molar-refractivity contribution in [1.29, 1.82) is 0 Å². The number of nitrogens with one attached hydrogen (secondary N) is 2. The summed E-state index contributed by atoms with van der Waals surface area (Å²) in [7, 11) is -1.16. The number of thiazole rings is 1. The van der Waals surface area contributed by atoms with Crippen LogP contribution in [0, 0.1) is 0 Å².